The lowest BCUT2D eigenvalue weighted by molar-refractivity contribution is 0.199. The van der Waals surface area contributed by atoms with Gasteiger partial charge in [0, 0.05) is 0 Å². The van der Waals surface area contributed by atoms with E-state index in [0.29, 0.717) is 13.2 Å². The van der Waals surface area contributed by atoms with E-state index < -0.39 is 0 Å². The Hall–Kier alpha value is -0.960. The number of hydrogen-bond donors (Lipinski definition) is 0. The minimum atomic E-state index is 0.511. The fraction of sp³-hybridized carbons (Fsp3) is 0.500. The summed E-state index contributed by atoms with van der Waals surface area (Å²) in [5, 5.41) is 0. The maximum atomic E-state index is 5.12. The third-order valence-electron chi connectivity index (χ3n) is 0.943. The lowest BCUT2D eigenvalue weighted by atomic mass is 10.4. The highest BCUT2D eigenvalue weighted by molar-refractivity contribution is 4.96. The molecule has 0 heterocycles. The molecule has 0 aliphatic rings. The van der Waals surface area contributed by atoms with Crippen LogP contribution in [0.15, 0.2) is 17.4 Å². The minimum Gasteiger partial charge on any atom is -0.364 e. The molecule has 0 atom stereocenters. The quantitative estimate of drug-likeness (QED) is 0.340. The molecular weight excluding hydrogens is 136 g/mol. The van der Waals surface area contributed by atoms with Crippen LogP contribution in [0.1, 0.15) is 20.8 Å². The summed E-state index contributed by atoms with van der Waals surface area (Å²) in [4.78, 5) is 0. The molecule has 1 nitrogen and oxygen atoms in total. The second kappa shape index (κ2) is 7.15. The van der Waals surface area contributed by atoms with Crippen LogP contribution in [-0.2, 0) is 4.74 Å². The summed E-state index contributed by atoms with van der Waals surface area (Å²) in [6.07, 6.45) is 1.87. The van der Waals surface area contributed by atoms with Crippen LogP contribution in [0, 0.1) is 11.8 Å². The van der Waals surface area contributed by atoms with Gasteiger partial charge in [0.05, 0.1) is 6.61 Å². The Morgan fingerprint density at radius 2 is 2.18 bits per heavy atom. The van der Waals surface area contributed by atoms with Crippen LogP contribution in [0.4, 0.5) is 0 Å². The molecular formula is C10H14O. The highest BCUT2D eigenvalue weighted by Crippen LogP contribution is 1.83. The van der Waals surface area contributed by atoms with Gasteiger partial charge in [0.2, 0.25) is 0 Å². The monoisotopic (exact) mass is 150 g/mol. The SMILES string of the molecule is CC#CCOCC=C=C(C)C. The molecule has 0 rings (SSSR count). The molecule has 0 aliphatic carbocycles. The summed E-state index contributed by atoms with van der Waals surface area (Å²) in [7, 11) is 0. The highest BCUT2D eigenvalue weighted by atomic mass is 16.5. The zero-order valence-corrected chi connectivity index (χ0v) is 7.40. The van der Waals surface area contributed by atoms with E-state index in [4.69, 9.17) is 4.74 Å². The van der Waals surface area contributed by atoms with Crippen LogP contribution in [0.3, 0.4) is 0 Å². The number of ether oxygens (including phenoxy) is 1. The van der Waals surface area contributed by atoms with E-state index in [-0.39, 0.29) is 0 Å². The molecule has 11 heavy (non-hydrogen) atoms. The topological polar surface area (TPSA) is 9.23 Å². The van der Waals surface area contributed by atoms with Gasteiger partial charge in [-0.1, -0.05) is 5.92 Å². The standard InChI is InChI=1S/C10H14O/c1-4-5-8-11-9-6-7-10(2)3/h6H,8-9H2,1-3H3. The van der Waals surface area contributed by atoms with Crippen molar-refractivity contribution in [3.8, 4) is 11.8 Å². The Morgan fingerprint density at radius 3 is 2.73 bits per heavy atom. The molecule has 0 aromatic heterocycles. The van der Waals surface area contributed by atoms with Crippen molar-refractivity contribution in [3.05, 3.63) is 17.4 Å². The van der Waals surface area contributed by atoms with Gasteiger partial charge in [0.25, 0.3) is 0 Å². The van der Waals surface area contributed by atoms with E-state index >= 15 is 0 Å². The Labute approximate surface area is 68.8 Å². The normalized spacial score (nSPS) is 7.55. The number of hydrogen-bond acceptors (Lipinski definition) is 1. The van der Waals surface area contributed by atoms with E-state index in [2.05, 4.69) is 17.6 Å². The van der Waals surface area contributed by atoms with Crippen molar-refractivity contribution in [2.75, 3.05) is 13.2 Å². The average molecular weight is 150 g/mol. The fourth-order valence-electron chi connectivity index (χ4n) is 0.487. The van der Waals surface area contributed by atoms with Crippen LogP contribution in [0.25, 0.3) is 0 Å². The average Bonchev–Trinajstić information content (AvgIpc) is 1.96. The van der Waals surface area contributed by atoms with Crippen molar-refractivity contribution in [2.45, 2.75) is 20.8 Å². The molecule has 0 fully saturated rings. The molecule has 0 spiro atoms. The highest BCUT2D eigenvalue weighted by Gasteiger charge is 1.75. The van der Waals surface area contributed by atoms with E-state index in [1.54, 1.807) is 6.92 Å². The van der Waals surface area contributed by atoms with E-state index in [1.165, 1.54) is 0 Å². The van der Waals surface area contributed by atoms with Gasteiger partial charge >= 0.3 is 0 Å². The zero-order valence-electron chi connectivity index (χ0n) is 7.40. The van der Waals surface area contributed by atoms with Crippen LogP contribution in [0.2, 0.25) is 0 Å². The molecule has 0 aromatic carbocycles. The smallest absolute Gasteiger partial charge is 0.108 e. The maximum Gasteiger partial charge on any atom is 0.108 e. The summed E-state index contributed by atoms with van der Waals surface area (Å²) in [6, 6.07) is 0. The second-order valence-electron chi connectivity index (χ2n) is 2.29. The van der Waals surface area contributed by atoms with Gasteiger partial charge in [-0.3, -0.25) is 0 Å². The van der Waals surface area contributed by atoms with E-state index in [0.717, 1.165) is 5.57 Å². The van der Waals surface area contributed by atoms with Gasteiger partial charge in [-0.2, -0.15) is 0 Å². The molecule has 0 N–H and O–H groups in total. The van der Waals surface area contributed by atoms with Gasteiger partial charge in [0.15, 0.2) is 0 Å². The predicted octanol–water partition coefficient (Wildman–Crippen LogP) is 2.15. The van der Waals surface area contributed by atoms with Crippen LogP contribution in [-0.4, -0.2) is 13.2 Å². The van der Waals surface area contributed by atoms with Crippen LogP contribution >= 0.6 is 0 Å². The first-order valence-corrected chi connectivity index (χ1v) is 3.63. The van der Waals surface area contributed by atoms with Crippen LogP contribution < -0.4 is 0 Å². The first kappa shape index (κ1) is 10.0. The largest absolute Gasteiger partial charge is 0.364 e. The van der Waals surface area contributed by atoms with Gasteiger partial charge < -0.3 is 4.74 Å². The number of rotatable bonds is 3. The molecule has 60 valence electrons. The third kappa shape index (κ3) is 9.04. The summed E-state index contributed by atoms with van der Waals surface area (Å²) in [5.74, 6) is 5.56. The van der Waals surface area contributed by atoms with Gasteiger partial charge in [-0.15, -0.1) is 11.7 Å². The minimum absolute atomic E-state index is 0.511. The van der Waals surface area contributed by atoms with Crippen molar-refractivity contribution in [1.82, 2.24) is 0 Å². The molecule has 0 amide bonds. The van der Waals surface area contributed by atoms with Crippen molar-refractivity contribution in [2.24, 2.45) is 0 Å². The van der Waals surface area contributed by atoms with Gasteiger partial charge in [0.1, 0.15) is 6.61 Å². The maximum absolute atomic E-state index is 5.12. The van der Waals surface area contributed by atoms with Crippen molar-refractivity contribution >= 4 is 0 Å². The Morgan fingerprint density at radius 1 is 1.45 bits per heavy atom. The molecule has 0 saturated carbocycles. The lowest BCUT2D eigenvalue weighted by Crippen LogP contribution is -1.89. The first-order valence-electron chi connectivity index (χ1n) is 3.63. The van der Waals surface area contributed by atoms with Gasteiger partial charge in [-0.05, 0) is 32.4 Å². The lowest BCUT2D eigenvalue weighted by Gasteiger charge is -1.89. The van der Waals surface area contributed by atoms with Crippen molar-refractivity contribution < 1.29 is 4.74 Å². The second-order valence-corrected chi connectivity index (χ2v) is 2.29. The molecule has 0 radical (unpaired) electrons. The summed E-state index contributed by atoms with van der Waals surface area (Å²) >= 11 is 0. The molecule has 1 heteroatoms. The molecule has 0 saturated heterocycles. The zero-order chi connectivity index (χ0) is 8.53. The summed E-state index contributed by atoms with van der Waals surface area (Å²) in [6.45, 7) is 6.91. The van der Waals surface area contributed by atoms with E-state index in [9.17, 15) is 0 Å². The fourth-order valence-corrected chi connectivity index (χ4v) is 0.487. The Balaban J connectivity index is 3.40. The predicted molar refractivity (Wildman–Crippen MR) is 47.2 cm³/mol. The van der Waals surface area contributed by atoms with Crippen LogP contribution in [0.5, 0.6) is 0 Å². The van der Waals surface area contributed by atoms with E-state index in [1.807, 2.05) is 19.9 Å². The molecule has 0 unspecified atom stereocenters. The first-order chi connectivity index (χ1) is 5.27. The van der Waals surface area contributed by atoms with Gasteiger partial charge in [-0.25, -0.2) is 0 Å². The Bertz CT molecular complexity index is 205. The van der Waals surface area contributed by atoms with Crippen molar-refractivity contribution in [3.63, 3.8) is 0 Å². The molecule has 0 bridgehead atoms. The summed E-state index contributed by atoms with van der Waals surface area (Å²) < 4.78 is 5.12. The summed E-state index contributed by atoms with van der Waals surface area (Å²) in [5.41, 5.74) is 4.20. The molecule has 0 aliphatic heterocycles. The third-order valence-corrected chi connectivity index (χ3v) is 0.943. The molecule has 0 aromatic rings. The van der Waals surface area contributed by atoms with Crippen molar-refractivity contribution in [1.29, 1.82) is 0 Å². The Kier molecular flexibility index (Phi) is 6.53.